The van der Waals surface area contributed by atoms with Gasteiger partial charge in [-0.05, 0) is 17.0 Å². The van der Waals surface area contributed by atoms with Gasteiger partial charge in [-0.3, -0.25) is 4.79 Å². The van der Waals surface area contributed by atoms with Crippen LogP contribution in [0.25, 0.3) is 0 Å². The number of carbonyl (C=O) groups excluding carboxylic acids is 1. The summed E-state index contributed by atoms with van der Waals surface area (Å²) >= 11 is 1.64. The molecule has 1 unspecified atom stereocenters. The first-order chi connectivity index (χ1) is 10.3. The molecular weight excluding hydrogens is 282 g/mol. The van der Waals surface area contributed by atoms with Crippen molar-refractivity contribution in [1.82, 2.24) is 4.90 Å². The normalized spacial score (nSPS) is 18.7. The standard InChI is InChI=1S/C17H19NO2S/c19-17(12-16-7-4-10-21-16)18-8-9-20-15(13-18)11-14-5-2-1-3-6-14/h1-7,10,15H,8-9,11-13H2. The highest BCUT2D eigenvalue weighted by molar-refractivity contribution is 7.10. The van der Waals surface area contributed by atoms with Crippen LogP contribution in [0.5, 0.6) is 0 Å². The molecule has 21 heavy (non-hydrogen) atoms. The average molecular weight is 301 g/mol. The number of nitrogens with zero attached hydrogens (tertiary/aromatic N) is 1. The Kier molecular flexibility index (Phi) is 4.68. The molecule has 3 nitrogen and oxygen atoms in total. The number of amides is 1. The number of morpholine rings is 1. The molecule has 0 spiro atoms. The number of hydrogen-bond donors (Lipinski definition) is 0. The van der Waals surface area contributed by atoms with Gasteiger partial charge in [0.15, 0.2) is 0 Å². The van der Waals surface area contributed by atoms with Gasteiger partial charge in [-0.15, -0.1) is 11.3 Å². The molecule has 1 aromatic heterocycles. The van der Waals surface area contributed by atoms with E-state index in [1.807, 2.05) is 40.6 Å². The molecule has 1 amide bonds. The lowest BCUT2D eigenvalue weighted by molar-refractivity contribution is -0.137. The second kappa shape index (κ2) is 6.87. The van der Waals surface area contributed by atoms with E-state index in [9.17, 15) is 4.79 Å². The molecule has 1 aliphatic heterocycles. The largest absolute Gasteiger partial charge is 0.374 e. The number of benzene rings is 1. The Morgan fingerprint density at radius 3 is 2.86 bits per heavy atom. The molecule has 1 atom stereocenters. The molecular formula is C17H19NO2S. The van der Waals surface area contributed by atoms with Gasteiger partial charge in [-0.1, -0.05) is 36.4 Å². The minimum Gasteiger partial charge on any atom is -0.374 e. The van der Waals surface area contributed by atoms with Gasteiger partial charge in [0.1, 0.15) is 0 Å². The number of rotatable bonds is 4. The van der Waals surface area contributed by atoms with Gasteiger partial charge in [-0.2, -0.15) is 0 Å². The summed E-state index contributed by atoms with van der Waals surface area (Å²) < 4.78 is 5.81. The molecule has 3 rings (SSSR count). The van der Waals surface area contributed by atoms with Gasteiger partial charge in [0.2, 0.25) is 5.91 Å². The summed E-state index contributed by atoms with van der Waals surface area (Å²) in [6, 6.07) is 14.3. The lowest BCUT2D eigenvalue weighted by Crippen LogP contribution is -2.46. The molecule has 0 radical (unpaired) electrons. The maximum absolute atomic E-state index is 12.3. The highest BCUT2D eigenvalue weighted by atomic mass is 32.1. The van der Waals surface area contributed by atoms with Gasteiger partial charge in [-0.25, -0.2) is 0 Å². The molecule has 0 saturated carbocycles. The molecule has 0 N–H and O–H groups in total. The Bertz CT molecular complexity index is 568. The Balaban J connectivity index is 1.56. The first kappa shape index (κ1) is 14.3. The van der Waals surface area contributed by atoms with Crippen LogP contribution in [0.4, 0.5) is 0 Å². The minimum absolute atomic E-state index is 0.105. The van der Waals surface area contributed by atoms with E-state index >= 15 is 0 Å². The van der Waals surface area contributed by atoms with Crippen LogP contribution >= 0.6 is 11.3 Å². The topological polar surface area (TPSA) is 29.5 Å². The molecule has 2 heterocycles. The summed E-state index contributed by atoms with van der Waals surface area (Å²) in [5, 5.41) is 2.01. The van der Waals surface area contributed by atoms with E-state index in [1.54, 1.807) is 11.3 Å². The lowest BCUT2D eigenvalue weighted by Gasteiger charge is -2.33. The summed E-state index contributed by atoms with van der Waals surface area (Å²) in [7, 11) is 0. The molecule has 1 aromatic carbocycles. The van der Waals surface area contributed by atoms with Crippen molar-refractivity contribution in [2.24, 2.45) is 0 Å². The zero-order valence-corrected chi connectivity index (χ0v) is 12.7. The van der Waals surface area contributed by atoms with Crippen molar-refractivity contribution in [3.8, 4) is 0 Å². The van der Waals surface area contributed by atoms with E-state index in [2.05, 4.69) is 12.1 Å². The maximum atomic E-state index is 12.3. The summed E-state index contributed by atoms with van der Waals surface area (Å²) in [4.78, 5) is 15.4. The fraction of sp³-hybridized carbons (Fsp3) is 0.353. The maximum Gasteiger partial charge on any atom is 0.227 e. The van der Waals surface area contributed by atoms with Crippen LogP contribution < -0.4 is 0 Å². The molecule has 1 saturated heterocycles. The molecule has 1 aliphatic rings. The smallest absolute Gasteiger partial charge is 0.227 e. The van der Waals surface area contributed by atoms with Crippen LogP contribution in [0.1, 0.15) is 10.4 Å². The van der Waals surface area contributed by atoms with E-state index in [4.69, 9.17) is 4.74 Å². The fourth-order valence-electron chi connectivity index (χ4n) is 2.62. The van der Waals surface area contributed by atoms with Crippen molar-refractivity contribution in [3.63, 3.8) is 0 Å². The van der Waals surface area contributed by atoms with Gasteiger partial charge in [0.25, 0.3) is 0 Å². The van der Waals surface area contributed by atoms with Crippen LogP contribution in [0.15, 0.2) is 47.8 Å². The van der Waals surface area contributed by atoms with Gasteiger partial charge < -0.3 is 9.64 Å². The van der Waals surface area contributed by atoms with Crippen LogP contribution in [-0.2, 0) is 22.4 Å². The predicted octanol–water partition coefficient (Wildman–Crippen LogP) is 2.76. The summed E-state index contributed by atoms with van der Waals surface area (Å²) in [6.07, 6.45) is 1.48. The van der Waals surface area contributed by atoms with Gasteiger partial charge in [0.05, 0.1) is 19.1 Å². The zero-order valence-electron chi connectivity index (χ0n) is 11.9. The molecule has 2 aromatic rings. The molecule has 0 aliphatic carbocycles. The number of thiophene rings is 1. The van der Waals surface area contributed by atoms with Crippen molar-refractivity contribution in [2.45, 2.75) is 18.9 Å². The predicted molar refractivity (Wildman–Crippen MR) is 84.5 cm³/mol. The Morgan fingerprint density at radius 2 is 2.10 bits per heavy atom. The fourth-order valence-corrected chi connectivity index (χ4v) is 3.32. The van der Waals surface area contributed by atoms with Gasteiger partial charge >= 0.3 is 0 Å². The van der Waals surface area contributed by atoms with E-state index in [-0.39, 0.29) is 12.0 Å². The average Bonchev–Trinajstić information content (AvgIpc) is 3.01. The molecule has 4 heteroatoms. The van der Waals surface area contributed by atoms with Gasteiger partial charge in [0, 0.05) is 24.4 Å². The van der Waals surface area contributed by atoms with Crippen LogP contribution in [0.2, 0.25) is 0 Å². The zero-order chi connectivity index (χ0) is 14.5. The summed E-state index contributed by atoms with van der Waals surface area (Å²) in [6.45, 7) is 2.03. The van der Waals surface area contributed by atoms with Crippen molar-refractivity contribution in [1.29, 1.82) is 0 Å². The highest BCUT2D eigenvalue weighted by Crippen LogP contribution is 2.15. The van der Waals surface area contributed by atoms with Crippen LogP contribution in [0, 0.1) is 0 Å². The van der Waals surface area contributed by atoms with E-state index < -0.39 is 0 Å². The van der Waals surface area contributed by atoms with Crippen LogP contribution in [0.3, 0.4) is 0 Å². The van der Waals surface area contributed by atoms with Crippen molar-refractivity contribution in [2.75, 3.05) is 19.7 Å². The second-order valence-electron chi connectivity index (χ2n) is 5.28. The van der Waals surface area contributed by atoms with Crippen LogP contribution in [-0.4, -0.2) is 36.6 Å². The Labute approximate surface area is 129 Å². The van der Waals surface area contributed by atoms with Crippen molar-refractivity contribution < 1.29 is 9.53 Å². The lowest BCUT2D eigenvalue weighted by atomic mass is 10.1. The first-order valence-corrected chi connectivity index (χ1v) is 8.15. The van der Waals surface area contributed by atoms with E-state index in [1.165, 1.54) is 5.56 Å². The monoisotopic (exact) mass is 301 g/mol. The Hall–Kier alpha value is -1.65. The number of hydrogen-bond acceptors (Lipinski definition) is 3. The number of carbonyl (C=O) groups is 1. The quantitative estimate of drug-likeness (QED) is 0.869. The SMILES string of the molecule is O=C(Cc1cccs1)N1CCOC(Cc2ccccc2)C1. The third-order valence-electron chi connectivity index (χ3n) is 3.70. The number of ether oxygens (including phenoxy) is 1. The van der Waals surface area contributed by atoms with E-state index in [0.29, 0.717) is 26.1 Å². The summed E-state index contributed by atoms with van der Waals surface area (Å²) in [5.74, 6) is 0.207. The molecule has 0 bridgehead atoms. The third-order valence-corrected chi connectivity index (χ3v) is 4.58. The molecule has 1 fully saturated rings. The third kappa shape index (κ3) is 3.93. The van der Waals surface area contributed by atoms with Crippen molar-refractivity contribution >= 4 is 17.2 Å². The minimum atomic E-state index is 0.105. The second-order valence-corrected chi connectivity index (χ2v) is 6.31. The molecule has 110 valence electrons. The van der Waals surface area contributed by atoms with E-state index in [0.717, 1.165) is 11.3 Å². The van der Waals surface area contributed by atoms with Crippen molar-refractivity contribution in [3.05, 3.63) is 58.3 Å². The summed E-state index contributed by atoms with van der Waals surface area (Å²) in [5.41, 5.74) is 1.26. The first-order valence-electron chi connectivity index (χ1n) is 7.27. The Morgan fingerprint density at radius 1 is 1.24 bits per heavy atom. The highest BCUT2D eigenvalue weighted by Gasteiger charge is 2.24.